The van der Waals surface area contributed by atoms with Crippen LogP contribution in [0, 0.1) is 0 Å². The fraction of sp³-hybridized carbons (Fsp3) is 0.400. The number of para-hydroxylation sites is 1. The van der Waals surface area contributed by atoms with Crippen molar-refractivity contribution in [2.75, 3.05) is 17.8 Å². The third kappa shape index (κ3) is 3.18. The van der Waals surface area contributed by atoms with Crippen molar-refractivity contribution in [2.45, 2.75) is 25.0 Å². The minimum absolute atomic E-state index is 0.0686. The number of nitrogens with zero attached hydrogens (tertiary/aromatic N) is 4. The van der Waals surface area contributed by atoms with E-state index >= 15 is 0 Å². The minimum Gasteiger partial charge on any atom is -0.276 e. The third-order valence-corrected chi connectivity index (χ3v) is 5.75. The highest BCUT2D eigenvalue weighted by atomic mass is 32.2. The lowest BCUT2D eigenvalue weighted by Gasteiger charge is -2.10. The van der Waals surface area contributed by atoms with Crippen LogP contribution in [0.5, 0.6) is 0 Å². The van der Waals surface area contributed by atoms with Crippen LogP contribution in [0.25, 0.3) is 16.7 Å². The van der Waals surface area contributed by atoms with Gasteiger partial charge in [-0.1, -0.05) is 30.8 Å². The minimum atomic E-state index is -3.03. The average Bonchev–Trinajstić information content (AvgIpc) is 2.94. The Bertz CT molecular complexity index is 1050. The zero-order valence-electron chi connectivity index (χ0n) is 13.5. The first kappa shape index (κ1) is 17.0. The molecule has 3 rings (SSSR count). The predicted octanol–water partition coefficient (Wildman–Crippen LogP) is 1.59. The molecule has 0 aliphatic carbocycles. The molecular formula is C15H18N4O3S2. The number of thioether (sulfide) groups is 1. The zero-order valence-corrected chi connectivity index (χ0v) is 15.1. The number of aromatic nitrogens is 4. The fourth-order valence-electron chi connectivity index (χ4n) is 2.54. The standard InChI is InChI=1S/C15H18N4O3S2/c1-3-8-18-13(20)11-6-4-5-7-12(11)19-14(18)16-17-15(19)23-9-10-24(2,21)22/h4-7H,3,8-10H2,1-2H3. The van der Waals surface area contributed by atoms with Crippen LogP contribution >= 0.6 is 11.8 Å². The lowest BCUT2D eigenvalue weighted by Crippen LogP contribution is -2.23. The SMILES string of the molecule is CCCn1c(=O)c2ccccc2n2c(SCCS(C)(=O)=O)nnc12. The van der Waals surface area contributed by atoms with E-state index in [1.54, 1.807) is 10.6 Å². The molecule has 2 heterocycles. The second-order valence-electron chi connectivity index (χ2n) is 5.57. The van der Waals surface area contributed by atoms with Gasteiger partial charge in [0.15, 0.2) is 5.16 Å². The summed E-state index contributed by atoms with van der Waals surface area (Å²) in [6.07, 6.45) is 2.01. The van der Waals surface area contributed by atoms with E-state index in [1.807, 2.05) is 29.5 Å². The maximum Gasteiger partial charge on any atom is 0.262 e. The van der Waals surface area contributed by atoms with Gasteiger partial charge in [-0.2, -0.15) is 0 Å². The molecule has 0 aliphatic rings. The van der Waals surface area contributed by atoms with Gasteiger partial charge in [-0.3, -0.25) is 13.8 Å². The molecule has 3 aromatic rings. The van der Waals surface area contributed by atoms with Gasteiger partial charge in [-0.25, -0.2) is 8.42 Å². The number of hydrogen-bond donors (Lipinski definition) is 0. The summed E-state index contributed by atoms with van der Waals surface area (Å²) in [5.41, 5.74) is 0.650. The molecule has 0 saturated heterocycles. The third-order valence-electron chi connectivity index (χ3n) is 3.61. The van der Waals surface area contributed by atoms with E-state index in [2.05, 4.69) is 10.2 Å². The molecule has 2 aromatic heterocycles. The number of hydrogen-bond acceptors (Lipinski definition) is 6. The summed E-state index contributed by atoms with van der Waals surface area (Å²) in [4.78, 5) is 12.7. The highest BCUT2D eigenvalue weighted by Gasteiger charge is 2.16. The zero-order chi connectivity index (χ0) is 17.3. The molecule has 0 spiro atoms. The normalized spacial score (nSPS) is 12.2. The smallest absolute Gasteiger partial charge is 0.262 e. The molecular weight excluding hydrogens is 348 g/mol. The Balaban J connectivity index is 2.17. The number of fused-ring (bicyclic) bond motifs is 3. The lowest BCUT2D eigenvalue weighted by molar-refractivity contribution is 0.603. The average molecular weight is 366 g/mol. The Kier molecular flexibility index (Phi) is 4.64. The molecule has 0 bridgehead atoms. The summed E-state index contributed by atoms with van der Waals surface area (Å²) in [6.45, 7) is 2.55. The Labute approximate surface area is 143 Å². The molecule has 128 valence electrons. The highest BCUT2D eigenvalue weighted by molar-refractivity contribution is 8.00. The van der Waals surface area contributed by atoms with Gasteiger partial charge in [0.25, 0.3) is 5.56 Å². The first-order chi connectivity index (χ1) is 11.4. The molecule has 0 radical (unpaired) electrons. The summed E-state index contributed by atoms with van der Waals surface area (Å²) < 4.78 is 26.1. The van der Waals surface area contributed by atoms with Crippen LogP contribution in [0.1, 0.15) is 13.3 Å². The Hall–Kier alpha value is -1.87. The molecule has 0 atom stereocenters. The van der Waals surface area contributed by atoms with Gasteiger partial charge in [-0.15, -0.1) is 10.2 Å². The number of sulfone groups is 1. The van der Waals surface area contributed by atoms with Crippen molar-refractivity contribution in [3.8, 4) is 0 Å². The summed E-state index contributed by atoms with van der Waals surface area (Å²) in [5.74, 6) is 0.947. The molecule has 7 nitrogen and oxygen atoms in total. The van der Waals surface area contributed by atoms with Crippen LogP contribution < -0.4 is 5.56 Å². The van der Waals surface area contributed by atoms with E-state index in [-0.39, 0.29) is 11.3 Å². The van der Waals surface area contributed by atoms with E-state index in [0.29, 0.717) is 28.6 Å². The first-order valence-electron chi connectivity index (χ1n) is 7.59. The predicted molar refractivity (Wildman–Crippen MR) is 95.5 cm³/mol. The summed E-state index contributed by atoms with van der Waals surface area (Å²) in [5, 5.41) is 9.53. The van der Waals surface area contributed by atoms with Crippen molar-refractivity contribution in [3.05, 3.63) is 34.6 Å². The number of benzene rings is 1. The van der Waals surface area contributed by atoms with E-state index in [1.165, 1.54) is 18.0 Å². The summed E-state index contributed by atoms with van der Waals surface area (Å²) in [6, 6.07) is 7.32. The van der Waals surface area contributed by atoms with Crippen LogP contribution in [0.15, 0.2) is 34.2 Å². The topological polar surface area (TPSA) is 86.3 Å². The number of aryl methyl sites for hydroxylation is 1. The Morgan fingerprint density at radius 3 is 2.67 bits per heavy atom. The first-order valence-corrected chi connectivity index (χ1v) is 10.6. The molecule has 0 aliphatic heterocycles. The molecule has 0 saturated carbocycles. The van der Waals surface area contributed by atoms with Gasteiger partial charge < -0.3 is 0 Å². The van der Waals surface area contributed by atoms with Gasteiger partial charge in [0.2, 0.25) is 5.78 Å². The largest absolute Gasteiger partial charge is 0.276 e. The maximum atomic E-state index is 12.7. The van der Waals surface area contributed by atoms with Crippen molar-refractivity contribution in [3.63, 3.8) is 0 Å². The van der Waals surface area contributed by atoms with Crippen LogP contribution in [0.2, 0.25) is 0 Å². The van der Waals surface area contributed by atoms with Gasteiger partial charge in [0.05, 0.1) is 16.7 Å². The molecule has 0 N–H and O–H groups in total. The van der Waals surface area contributed by atoms with E-state index in [9.17, 15) is 13.2 Å². The quantitative estimate of drug-likeness (QED) is 0.616. The van der Waals surface area contributed by atoms with Crippen molar-refractivity contribution in [1.82, 2.24) is 19.2 Å². The van der Waals surface area contributed by atoms with Crippen molar-refractivity contribution in [1.29, 1.82) is 0 Å². The van der Waals surface area contributed by atoms with Gasteiger partial charge in [0.1, 0.15) is 9.84 Å². The van der Waals surface area contributed by atoms with Crippen LogP contribution in [0.4, 0.5) is 0 Å². The van der Waals surface area contributed by atoms with Crippen molar-refractivity contribution in [2.24, 2.45) is 0 Å². The van der Waals surface area contributed by atoms with Crippen molar-refractivity contribution >= 4 is 38.3 Å². The summed E-state index contributed by atoms with van der Waals surface area (Å²) in [7, 11) is -3.03. The van der Waals surface area contributed by atoms with E-state index in [4.69, 9.17) is 0 Å². The molecule has 24 heavy (non-hydrogen) atoms. The van der Waals surface area contributed by atoms with Gasteiger partial charge >= 0.3 is 0 Å². The second kappa shape index (κ2) is 6.56. The lowest BCUT2D eigenvalue weighted by atomic mass is 10.2. The molecule has 0 fully saturated rings. The van der Waals surface area contributed by atoms with Gasteiger partial charge in [0, 0.05) is 18.6 Å². The highest BCUT2D eigenvalue weighted by Crippen LogP contribution is 2.21. The summed E-state index contributed by atoms with van der Waals surface area (Å²) >= 11 is 1.33. The monoisotopic (exact) mass is 366 g/mol. The Morgan fingerprint density at radius 2 is 1.96 bits per heavy atom. The Morgan fingerprint density at radius 1 is 1.21 bits per heavy atom. The second-order valence-corrected chi connectivity index (χ2v) is 8.89. The molecule has 9 heteroatoms. The fourth-order valence-corrected chi connectivity index (χ4v) is 4.67. The number of rotatable bonds is 6. The molecule has 0 amide bonds. The van der Waals surface area contributed by atoms with E-state index < -0.39 is 9.84 Å². The van der Waals surface area contributed by atoms with Crippen molar-refractivity contribution < 1.29 is 8.42 Å². The van der Waals surface area contributed by atoms with Crippen LogP contribution in [0.3, 0.4) is 0 Å². The van der Waals surface area contributed by atoms with E-state index in [0.717, 1.165) is 11.9 Å². The maximum absolute atomic E-state index is 12.7. The molecule has 1 aromatic carbocycles. The van der Waals surface area contributed by atoms with Crippen LogP contribution in [-0.4, -0.2) is 45.3 Å². The van der Waals surface area contributed by atoms with Gasteiger partial charge in [-0.05, 0) is 18.6 Å². The van der Waals surface area contributed by atoms with Crippen LogP contribution in [-0.2, 0) is 16.4 Å². The molecule has 0 unspecified atom stereocenters.